The monoisotopic (exact) mass is 241 g/mol. The molecule has 17 heavy (non-hydrogen) atoms. The van der Waals surface area contributed by atoms with Crippen LogP contribution in [0.2, 0.25) is 0 Å². The van der Waals surface area contributed by atoms with Crippen LogP contribution in [0.15, 0.2) is 4.52 Å². The minimum Gasteiger partial charge on any atom is -0.380 e. The van der Waals surface area contributed by atoms with Gasteiger partial charge in [-0.1, -0.05) is 5.16 Å². The highest BCUT2D eigenvalue weighted by Crippen LogP contribution is 2.29. The van der Waals surface area contributed by atoms with Crippen LogP contribution in [0.3, 0.4) is 0 Å². The second-order valence-electron chi connectivity index (χ2n) is 4.34. The summed E-state index contributed by atoms with van der Waals surface area (Å²) in [6, 6.07) is 0. The molecule has 1 aliphatic rings. The summed E-state index contributed by atoms with van der Waals surface area (Å²) in [5, 5.41) is 17.4. The van der Waals surface area contributed by atoms with Crippen molar-refractivity contribution in [2.45, 2.75) is 38.4 Å². The van der Waals surface area contributed by atoms with Gasteiger partial charge < -0.3 is 19.7 Å². The van der Waals surface area contributed by atoms with Gasteiger partial charge in [-0.15, -0.1) is 0 Å². The summed E-state index contributed by atoms with van der Waals surface area (Å²) in [6.07, 6.45) is 0.984. The van der Waals surface area contributed by atoms with E-state index in [1.165, 1.54) is 0 Å². The number of rotatable bonds is 4. The number of piperidine rings is 1. The Morgan fingerprint density at radius 2 is 2.24 bits per heavy atom. The molecule has 0 aromatic carbocycles. The average Bonchev–Trinajstić information content (AvgIpc) is 2.80. The second-order valence-corrected chi connectivity index (χ2v) is 4.34. The van der Waals surface area contributed by atoms with Crippen molar-refractivity contribution in [1.29, 1.82) is 0 Å². The fourth-order valence-corrected chi connectivity index (χ4v) is 1.97. The van der Waals surface area contributed by atoms with Crippen molar-refractivity contribution < 1.29 is 14.4 Å². The van der Waals surface area contributed by atoms with Crippen LogP contribution in [0.4, 0.5) is 0 Å². The largest absolute Gasteiger partial charge is 0.380 e. The van der Waals surface area contributed by atoms with Crippen molar-refractivity contribution in [3.05, 3.63) is 11.7 Å². The Kier molecular flexibility index (Phi) is 3.76. The van der Waals surface area contributed by atoms with Gasteiger partial charge in [0, 0.05) is 6.61 Å². The minimum absolute atomic E-state index is 0.206. The third-order valence-corrected chi connectivity index (χ3v) is 3.05. The van der Waals surface area contributed by atoms with E-state index in [-0.39, 0.29) is 6.10 Å². The maximum Gasteiger partial charge on any atom is 0.258 e. The number of nitrogens with one attached hydrogen (secondary N) is 1. The third-order valence-electron chi connectivity index (χ3n) is 3.05. The molecule has 1 aromatic heterocycles. The molecule has 0 bridgehead atoms. The molecule has 0 saturated carbocycles. The van der Waals surface area contributed by atoms with E-state index in [0.29, 0.717) is 31.2 Å². The fourth-order valence-electron chi connectivity index (χ4n) is 1.97. The van der Waals surface area contributed by atoms with Crippen LogP contribution >= 0.6 is 0 Å². The molecule has 1 unspecified atom stereocenters. The molecule has 6 nitrogen and oxygen atoms in total. The molecular weight excluding hydrogens is 222 g/mol. The lowest BCUT2D eigenvalue weighted by Gasteiger charge is -2.28. The van der Waals surface area contributed by atoms with Gasteiger partial charge in [-0.05, 0) is 39.8 Å². The van der Waals surface area contributed by atoms with Crippen LogP contribution in [0.25, 0.3) is 0 Å². The summed E-state index contributed by atoms with van der Waals surface area (Å²) in [5.41, 5.74) is -0.984. The number of hydrogen-bond acceptors (Lipinski definition) is 6. The van der Waals surface area contributed by atoms with E-state index in [1.54, 1.807) is 0 Å². The van der Waals surface area contributed by atoms with E-state index in [2.05, 4.69) is 15.5 Å². The van der Waals surface area contributed by atoms with Gasteiger partial charge in [0.2, 0.25) is 0 Å². The molecule has 1 atom stereocenters. The zero-order chi connectivity index (χ0) is 12.3. The molecule has 1 saturated heterocycles. The van der Waals surface area contributed by atoms with Crippen LogP contribution < -0.4 is 5.32 Å². The molecule has 0 radical (unpaired) electrons. The Bertz CT molecular complexity index is 361. The summed E-state index contributed by atoms with van der Waals surface area (Å²) in [7, 11) is 0. The van der Waals surface area contributed by atoms with Gasteiger partial charge >= 0.3 is 0 Å². The third kappa shape index (κ3) is 2.65. The van der Waals surface area contributed by atoms with Gasteiger partial charge in [0.15, 0.2) is 5.82 Å². The first-order valence-corrected chi connectivity index (χ1v) is 6.04. The van der Waals surface area contributed by atoms with Gasteiger partial charge in [-0.2, -0.15) is 4.98 Å². The molecule has 1 fully saturated rings. The summed E-state index contributed by atoms with van der Waals surface area (Å²) in [6.45, 7) is 5.89. The van der Waals surface area contributed by atoms with Gasteiger partial charge in [-0.25, -0.2) is 0 Å². The summed E-state index contributed by atoms with van der Waals surface area (Å²) in [4.78, 5) is 4.24. The van der Waals surface area contributed by atoms with Gasteiger partial charge in [0.05, 0.1) is 0 Å². The van der Waals surface area contributed by atoms with Crippen LogP contribution in [-0.4, -0.2) is 34.9 Å². The molecule has 0 aliphatic carbocycles. The Hall–Kier alpha value is -0.980. The zero-order valence-corrected chi connectivity index (χ0v) is 10.3. The first-order chi connectivity index (χ1) is 8.15. The fraction of sp³-hybridized carbons (Fsp3) is 0.818. The Morgan fingerprint density at radius 3 is 2.88 bits per heavy atom. The Morgan fingerprint density at radius 1 is 1.53 bits per heavy atom. The maximum absolute atomic E-state index is 10.4. The van der Waals surface area contributed by atoms with Crippen LogP contribution in [0.1, 0.15) is 44.5 Å². The topological polar surface area (TPSA) is 80.4 Å². The van der Waals surface area contributed by atoms with E-state index in [4.69, 9.17) is 9.26 Å². The molecule has 2 heterocycles. The maximum atomic E-state index is 10.4. The average molecular weight is 241 g/mol. The Balaban J connectivity index is 2.11. The zero-order valence-electron chi connectivity index (χ0n) is 10.3. The Labute approximate surface area is 100 Å². The normalized spacial score (nSPS) is 21.4. The van der Waals surface area contributed by atoms with Crippen molar-refractivity contribution in [2.24, 2.45) is 0 Å². The standard InChI is InChI=1S/C11H19N3O3/c1-3-16-8(2)9-13-10(17-14-9)11(15)4-6-12-7-5-11/h8,12,15H,3-7H2,1-2H3. The number of hydrogen-bond donors (Lipinski definition) is 2. The van der Waals surface area contributed by atoms with Gasteiger partial charge in [-0.3, -0.25) is 0 Å². The molecule has 2 N–H and O–H groups in total. The molecular formula is C11H19N3O3. The van der Waals surface area contributed by atoms with Crippen LogP contribution in [0.5, 0.6) is 0 Å². The van der Waals surface area contributed by atoms with Crippen LogP contribution in [-0.2, 0) is 10.3 Å². The first-order valence-electron chi connectivity index (χ1n) is 6.04. The highest BCUT2D eigenvalue weighted by Gasteiger charge is 2.37. The van der Waals surface area contributed by atoms with Crippen LogP contribution in [0, 0.1) is 0 Å². The van der Waals surface area contributed by atoms with E-state index in [1.807, 2.05) is 13.8 Å². The smallest absolute Gasteiger partial charge is 0.258 e. The number of aliphatic hydroxyl groups is 1. The van der Waals surface area contributed by atoms with Crippen molar-refractivity contribution >= 4 is 0 Å². The molecule has 1 aliphatic heterocycles. The van der Waals surface area contributed by atoms with E-state index >= 15 is 0 Å². The van der Waals surface area contributed by atoms with Gasteiger partial charge in [0.1, 0.15) is 11.7 Å². The molecule has 1 aromatic rings. The SMILES string of the molecule is CCOC(C)c1noc(C2(O)CCNCC2)n1. The van der Waals surface area contributed by atoms with Crippen molar-refractivity contribution in [3.63, 3.8) is 0 Å². The predicted octanol–water partition coefficient (Wildman–Crippen LogP) is 0.738. The molecule has 0 spiro atoms. The summed E-state index contributed by atoms with van der Waals surface area (Å²) < 4.78 is 10.5. The van der Waals surface area contributed by atoms with Crippen molar-refractivity contribution in [2.75, 3.05) is 19.7 Å². The number of ether oxygens (including phenoxy) is 1. The lowest BCUT2D eigenvalue weighted by atomic mass is 9.92. The van der Waals surface area contributed by atoms with Crippen molar-refractivity contribution in [3.8, 4) is 0 Å². The first kappa shape index (κ1) is 12.5. The van der Waals surface area contributed by atoms with E-state index < -0.39 is 5.60 Å². The predicted molar refractivity (Wildman–Crippen MR) is 60.3 cm³/mol. The van der Waals surface area contributed by atoms with Gasteiger partial charge in [0.25, 0.3) is 5.89 Å². The highest BCUT2D eigenvalue weighted by molar-refractivity contribution is 5.02. The molecule has 6 heteroatoms. The van der Waals surface area contributed by atoms with Crippen molar-refractivity contribution in [1.82, 2.24) is 15.5 Å². The lowest BCUT2D eigenvalue weighted by Crippen LogP contribution is -2.40. The lowest BCUT2D eigenvalue weighted by molar-refractivity contribution is -0.0228. The number of nitrogens with zero attached hydrogens (tertiary/aromatic N) is 2. The second kappa shape index (κ2) is 5.12. The molecule has 2 rings (SSSR count). The van der Waals surface area contributed by atoms with E-state index in [0.717, 1.165) is 13.1 Å². The highest BCUT2D eigenvalue weighted by atomic mass is 16.5. The molecule has 96 valence electrons. The minimum atomic E-state index is -0.984. The summed E-state index contributed by atoms with van der Waals surface area (Å²) >= 11 is 0. The quantitative estimate of drug-likeness (QED) is 0.809. The van der Waals surface area contributed by atoms with E-state index in [9.17, 15) is 5.11 Å². The summed E-state index contributed by atoms with van der Waals surface area (Å²) in [5.74, 6) is 0.800. The molecule has 0 amide bonds. The number of aromatic nitrogens is 2.